The standard InChI is InChI=1S/C13H27NO2/c1-5-6-13(4,10-15)9-14-7-11(2)16-12(3)8-14/h11-12,15H,5-10H2,1-4H3. The van der Waals surface area contributed by atoms with E-state index in [1.165, 1.54) is 0 Å². The predicted molar refractivity (Wildman–Crippen MR) is 66.5 cm³/mol. The van der Waals surface area contributed by atoms with Crippen LogP contribution >= 0.6 is 0 Å². The third-order valence-corrected chi connectivity index (χ3v) is 3.34. The lowest BCUT2D eigenvalue weighted by molar-refractivity contribution is -0.0807. The molecule has 1 aliphatic heterocycles. The maximum atomic E-state index is 9.52. The van der Waals surface area contributed by atoms with Crippen molar-refractivity contribution in [1.29, 1.82) is 0 Å². The monoisotopic (exact) mass is 229 g/mol. The van der Waals surface area contributed by atoms with Crippen molar-refractivity contribution >= 4 is 0 Å². The molecule has 0 aliphatic carbocycles. The summed E-state index contributed by atoms with van der Waals surface area (Å²) in [7, 11) is 0. The molecule has 16 heavy (non-hydrogen) atoms. The van der Waals surface area contributed by atoms with Gasteiger partial charge in [0, 0.05) is 31.7 Å². The van der Waals surface area contributed by atoms with Crippen LogP contribution in [-0.4, -0.2) is 48.5 Å². The summed E-state index contributed by atoms with van der Waals surface area (Å²) in [5.41, 5.74) is 0.0472. The fourth-order valence-electron chi connectivity index (χ4n) is 2.76. The zero-order chi connectivity index (χ0) is 12.2. The highest BCUT2D eigenvalue weighted by atomic mass is 16.5. The van der Waals surface area contributed by atoms with Crippen LogP contribution in [0.5, 0.6) is 0 Å². The van der Waals surface area contributed by atoms with Crippen LogP contribution in [0.4, 0.5) is 0 Å². The highest BCUT2D eigenvalue weighted by Crippen LogP contribution is 2.25. The van der Waals surface area contributed by atoms with E-state index in [9.17, 15) is 5.11 Å². The molecule has 0 spiro atoms. The molecule has 1 saturated heterocycles. The molecule has 3 heteroatoms. The third-order valence-electron chi connectivity index (χ3n) is 3.34. The van der Waals surface area contributed by atoms with Crippen molar-refractivity contribution in [2.75, 3.05) is 26.2 Å². The minimum Gasteiger partial charge on any atom is -0.396 e. The molecule has 0 aromatic heterocycles. The van der Waals surface area contributed by atoms with E-state index < -0.39 is 0 Å². The summed E-state index contributed by atoms with van der Waals surface area (Å²) in [6, 6.07) is 0. The number of hydrogen-bond acceptors (Lipinski definition) is 3. The molecule has 1 fully saturated rings. The molecule has 96 valence electrons. The Morgan fingerprint density at radius 3 is 2.31 bits per heavy atom. The maximum absolute atomic E-state index is 9.52. The lowest BCUT2D eigenvalue weighted by Crippen LogP contribution is -2.49. The van der Waals surface area contributed by atoms with Gasteiger partial charge >= 0.3 is 0 Å². The Labute approximate surface area is 99.8 Å². The number of rotatable bonds is 5. The second-order valence-corrected chi connectivity index (χ2v) is 5.67. The van der Waals surface area contributed by atoms with E-state index in [2.05, 4.69) is 32.6 Å². The van der Waals surface area contributed by atoms with E-state index in [1.807, 2.05) is 0 Å². The quantitative estimate of drug-likeness (QED) is 0.781. The molecule has 1 aliphatic rings. The number of ether oxygens (including phenoxy) is 1. The molecule has 0 amide bonds. The molecule has 1 heterocycles. The molecule has 0 bridgehead atoms. The summed E-state index contributed by atoms with van der Waals surface area (Å²) in [4.78, 5) is 2.44. The summed E-state index contributed by atoms with van der Waals surface area (Å²) in [5, 5.41) is 9.52. The topological polar surface area (TPSA) is 32.7 Å². The molecule has 0 radical (unpaired) electrons. The van der Waals surface area contributed by atoms with Gasteiger partial charge in [0.05, 0.1) is 12.2 Å². The maximum Gasteiger partial charge on any atom is 0.0678 e. The number of hydrogen-bond donors (Lipinski definition) is 1. The highest BCUT2D eigenvalue weighted by Gasteiger charge is 2.29. The Kier molecular flexibility index (Phi) is 5.22. The number of aliphatic hydroxyl groups is 1. The van der Waals surface area contributed by atoms with Crippen molar-refractivity contribution in [3.8, 4) is 0 Å². The molecule has 3 nitrogen and oxygen atoms in total. The van der Waals surface area contributed by atoms with Gasteiger partial charge in [-0.3, -0.25) is 4.90 Å². The van der Waals surface area contributed by atoms with Crippen LogP contribution < -0.4 is 0 Å². The van der Waals surface area contributed by atoms with Crippen LogP contribution in [0.3, 0.4) is 0 Å². The number of morpholine rings is 1. The lowest BCUT2D eigenvalue weighted by Gasteiger charge is -2.40. The summed E-state index contributed by atoms with van der Waals surface area (Å²) in [5.74, 6) is 0. The molecule has 0 aromatic carbocycles. The fraction of sp³-hybridized carbons (Fsp3) is 1.00. The normalized spacial score (nSPS) is 31.3. The Hall–Kier alpha value is -0.120. The summed E-state index contributed by atoms with van der Waals surface area (Å²) in [6.45, 7) is 11.8. The predicted octanol–water partition coefficient (Wildman–Crippen LogP) is 1.89. The van der Waals surface area contributed by atoms with Crippen molar-refractivity contribution in [3.05, 3.63) is 0 Å². The first-order valence-corrected chi connectivity index (χ1v) is 6.48. The third kappa shape index (κ3) is 4.04. The van der Waals surface area contributed by atoms with Gasteiger partial charge < -0.3 is 9.84 Å². The van der Waals surface area contributed by atoms with Gasteiger partial charge in [-0.15, -0.1) is 0 Å². The Morgan fingerprint density at radius 2 is 1.88 bits per heavy atom. The van der Waals surface area contributed by atoms with Gasteiger partial charge in [-0.25, -0.2) is 0 Å². The summed E-state index contributed by atoms with van der Waals surface area (Å²) >= 11 is 0. The minimum absolute atomic E-state index is 0.0472. The minimum atomic E-state index is 0.0472. The van der Waals surface area contributed by atoms with Crippen molar-refractivity contribution in [2.45, 2.75) is 52.7 Å². The van der Waals surface area contributed by atoms with Gasteiger partial charge in [0.2, 0.25) is 0 Å². The molecule has 3 unspecified atom stereocenters. The van der Waals surface area contributed by atoms with Gasteiger partial charge in [0.15, 0.2) is 0 Å². The van der Waals surface area contributed by atoms with Crippen LogP contribution in [-0.2, 0) is 4.74 Å². The van der Waals surface area contributed by atoms with Crippen molar-refractivity contribution < 1.29 is 9.84 Å². The molecule has 1 rings (SSSR count). The van der Waals surface area contributed by atoms with Crippen LogP contribution in [0.2, 0.25) is 0 Å². The summed E-state index contributed by atoms with van der Waals surface area (Å²) < 4.78 is 5.72. The van der Waals surface area contributed by atoms with Gasteiger partial charge in [0.1, 0.15) is 0 Å². The number of nitrogens with zero attached hydrogens (tertiary/aromatic N) is 1. The van der Waals surface area contributed by atoms with E-state index >= 15 is 0 Å². The highest BCUT2D eigenvalue weighted by molar-refractivity contribution is 4.81. The first-order valence-electron chi connectivity index (χ1n) is 6.48. The van der Waals surface area contributed by atoms with Crippen LogP contribution in [0.25, 0.3) is 0 Å². The van der Waals surface area contributed by atoms with Crippen molar-refractivity contribution in [2.24, 2.45) is 5.41 Å². The second kappa shape index (κ2) is 5.99. The Balaban J connectivity index is 2.50. The van der Waals surface area contributed by atoms with Crippen LogP contribution in [0.15, 0.2) is 0 Å². The van der Waals surface area contributed by atoms with Crippen molar-refractivity contribution in [3.63, 3.8) is 0 Å². The fourth-order valence-corrected chi connectivity index (χ4v) is 2.76. The second-order valence-electron chi connectivity index (χ2n) is 5.67. The Bertz CT molecular complexity index is 200. The zero-order valence-corrected chi connectivity index (χ0v) is 11.2. The average molecular weight is 229 g/mol. The van der Waals surface area contributed by atoms with Crippen LogP contribution in [0.1, 0.15) is 40.5 Å². The van der Waals surface area contributed by atoms with Gasteiger partial charge in [-0.05, 0) is 20.3 Å². The van der Waals surface area contributed by atoms with Gasteiger partial charge in [-0.1, -0.05) is 20.3 Å². The van der Waals surface area contributed by atoms with E-state index in [1.54, 1.807) is 0 Å². The van der Waals surface area contributed by atoms with Crippen molar-refractivity contribution in [1.82, 2.24) is 4.90 Å². The average Bonchev–Trinajstić information content (AvgIpc) is 2.16. The van der Waals surface area contributed by atoms with Crippen LogP contribution in [0, 0.1) is 5.41 Å². The summed E-state index contributed by atoms with van der Waals surface area (Å²) in [6.07, 6.45) is 2.84. The zero-order valence-electron chi connectivity index (χ0n) is 11.2. The van der Waals surface area contributed by atoms with E-state index in [-0.39, 0.29) is 12.0 Å². The first kappa shape index (κ1) is 13.9. The molecule has 0 aromatic rings. The molecule has 1 N–H and O–H groups in total. The largest absolute Gasteiger partial charge is 0.396 e. The van der Waals surface area contributed by atoms with Gasteiger partial charge in [-0.2, -0.15) is 0 Å². The number of aliphatic hydroxyl groups excluding tert-OH is 1. The smallest absolute Gasteiger partial charge is 0.0678 e. The van der Waals surface area contributed by atoms with E-state index in [0.717, 1.165) is 32.5 Å². The lowest BCUT2D eigenvalue weighted by atomic mass is 9.85. The van der Waals surface area contributed by atoms with E-state index in [0.29, 0.717) is 12.2 Å². The first-order chi connectivity index (χ1) is 7.49. The molecule has 0 saturated carbocycles. The SMILES string of the molecule is CCCC(C)(CO)CN1CC(C)OC(C)C1. The molecule has 3 atom stereocenters. The van der Waals surface area contributed by atoms with E-state index in [4.69, 9.17) is 4.74 Å². The van der Waals surface area contributed by atoms with Gasteiger partial charge in [0.25, 0.3) is 0 Å². The Morgan fingerprint density at radius 1 is 1.31 bits per heavy atom. The molecular weight excluding hydrogens is 202 g/mol. The molecular formula is C13H27NO2.